The number of benzene rings is 1. The van der Waals surface area contributed by atoms with Gasteiger partial charge in [-0.1, -0.05) is 12.1 Å². The fraction of sp³-hybridized carbons (Fsp3) is 0.500. The van der Waals surface area contributed by atoms with Gasteiger partial charge in [0.15, 0.2) is 0 Å². The number of nitrogens with one attached hydrogen (secondary N) is 2. The molecule has 1 aromatic heterocycles. The molecule has 0 radical (unpaired) electrons. The van der Waals surface area contributed by atoms with Gasteiger partial charge in [0.2, 0.25) is 11.9 Å². The first-order valence-corrected chi connectivity index (χ1v) is 10.9. The molecule has 158 valence electrons. The summed E-state index contributed by atoms with van der Waals surface area (Å²) in [5.41, 5.74) is 0.804. The Kier molecular flexibility index (Phi) is 5.02. The molecule has 10 heteroatoms. The van der Waals surface area contributed by atoms with Crippen molar-refractivity contribution in [2.75, 3.05) is 6.61 Å². The number of aliphatic hydroxyl groups excluding tert-OH is 3. The van der Waals surface area contributed by atoms with Crippen molar-refractivity contribution >= 4 is 39.3 Å². The zero-order chi connectivity index (χ0) is 20.8. The van der Waals surface area contributed by atoms with Crippen molar-refractivity contribution in [2.45, 2.75) is 49.5 Å². The van der Waals surface area contributed by atoms with Crippen LogP contribution >= 0.6 is 11.3 Å². The van der Waals surface area contributed by atoms with E-state index in [0.29, 0.717) is 23.2 Å². The molecule has 1 saturated heterocycles. The first kappa shape index (κ1) is 19.6. The number of guanidine groups is 1. The summed E-state index contributed by atoms with van der Waals surface area (Å²) < 4.78 is 0.966. The van der Waals surface area contributed by atoms with Crippen molar-refractivity contribution < 1.29 is 20.1 Å². The van der Waals surface area contributed by atoms with Gasteiger partial charge in [-0.2, -0.15) is 0 Å². The van der Waals surface area contributed by atoms with Gasteiger partial charge in [-0.05, 0) is 31.4 Å². The molecule has 2 aromatic rings. The van der Waals surface area contributed by atoms with E-state index in [1.165, 1.54) is 11.3 Å². The molecule has 30 heavy (non-hydrogen) atoms. The molecule has 2 heterocycles. The molecule has 2 saturated carbocycles. The standard InChI is InChI=1S/C20H23N5O4S/c26-8-9-7-12(16(28)15(9)27)22-17-14(18(29)25-20(24-17)21-10-5-6-10)19-23-11-3-1-2-4-13(11)30-19/h1-4,9-10,12,14-16,26-28H,5-8H2,(H2,21,22,24,25,29)/t9-,12-,14?,15-,16+/m1/s1. The van der Waals surface area contributed by atoms with Gasteiger partial charge in [0.05, 0.1) is 28.4 Å². The monoisotopic (exact) mass is 429 g/mol. The van der Waals surface area contributed by atoms with Crippen LogP contribution in [0.5, 0.6) is 0 Å². The van der Waals surface area contributed by atoms with Crippen LogP contribution in [0.4, 0.5) is 0 Å². The van der Waals surface area contributed by atoms with Crippen molar-refractivity contribution in [3.05, 3.63) is 29.3 Å². The number of amides is 1. The number of hydrogen-bond acceptors (Lipinski definition) is 8. The summed E-state index contributed by atoms with van der Waals surface area (Å²) in [6, 6.07) is 7.22. The molecule has 5 N–H and O–H groups in total. The number of hydrogen-bond donors (Lipinski definition) is 5. The van der Waals surface area contributed by atoms with Crippen molar-refractivity contribution in [1.82, 2.24) is 15.6 Å². The first-order valence-electron chi connectivity index (χ1n) is 10.1. The molecule has 1 unspecified atom stereocenters. The highest BCUT2D eigenvalue weighted by molar-refractivity contribution is 7.18. The summed E-state index contributed by atoms with van der Waals surface area (Å²) in [4.78, 5) is 26.8. The molecule has 1 aliphatic heterocycles. The van der Waals surface area contributed by atoms with E-state index in [1.54, 1.807) is 0 Å². The van der Waals surface area contributed by atoms with Gasteiger partial charge in [0.1, 0.15) is 22.9 Å². The molecule has 9 nitrogen and oxygen atoms in total. The summed E-state index contributed by atoms with van der Waals surface area (Å²) >= 11 is 1.42. The number of nitrogens with zero attached hydrogens (tertiary/aromatic N) is 3. The predicted molar refractivity (Wildman–Crippen MR) is 113 cm³/mol. The highest BCUT2D eigenvalue weighted by Crippen LogP contribution is 2.33. The number of carbonyl (C=O) groups is 1. The molecule has 1 aromatic carbocycles. The molecule has 0 bridgehead atoms. The minimum absolute atomic E-state index is 0.200. The molecular formula is C20H23N5O4S. The quantitative estimate of drug-likeness (QED) is 0.468. The summed E-state index contributed by atoms with van der Waals surface area (Å²) in [6.45, 7) is -0.233. The average Bonchev–Trinajstić information content (AvgIpc) is 3.37. The highest BCUT2D eigenvalue weighted by Gasteiger charge is 2.43. The van der Waals surface area contributed by atoms with E-state index in [2.05, 4.69) is 25.6 Å². The lowest BCUT2D eigenvalue weighted by atomic mass is 10.1. The Morgan fingerprint density at radius 3 is 2.63 bits per heavy atom. The average molecular weight is 430 g/mol. The molecule has 3 fully saturated rings. The summed E-state index contributed by atoms with van der Waals surface area (Å²) in [7, 11) is 0. The third kappa shape index (κ3) is 3.60. The zero-order valence-electron chi connectivity index (χ0n) is 16.1. The van der Waals surface area contributed by atoms with Gasteiger partial charge >= 0.3 is 0 Å². The van der Waals surface area contributed by atoms with Crippen molar-refractivity contribution in [1.29, 1.82) is 0 Å². The summed E-state index contributed by atoms with van der Waals surface area (Å²) in [6.07, 6.45) is 0.137. The smallest absolute Gasteiger partial charge is 0.244 e. The molecular weight excluding hydrogens is 406 g/mol. The van der Waals surface area contributed by atoms with Gasteiger partial charge in [-0.3, -0.25) is 15.1 Å². The topological polar surface area (TPSA) is 139 Å². The van der Waals surface area contributed by atoms with Crippen LogP contribution in [-0.4, -0.2) is 68.9 Å². The predicted octanol–water partition coefficient (Wildman–Crippen LogP) is 0.119. The molecule has 0 spiro atoms. The lowest BCUT2D eigenvalue weighted by Gasteiger charge is -2.27. The number of thiazole rings is 1. The second-order valence-corrected chi connectivity index (χ2v) is 9.08. The summed E-state index contributed by atoms with van der Waals surface area (Å²) in [5, 5.41) is 36.5. The van der Waals surface area contributed by atoms with Crippen molar-refractivity contribution in [3.8, 4) is 0 Å². The minimum Gasteiger partial charge on any atom is -0.396 e. The first-order chi connectivity index (χ1) is 14.5. The fourth-order valence-corrected chi connectivity index (χ4v) is 4.99. The van der Waals surface area contributed by atoms with Gasteiger partial charge in [0, 0.05) is 12.5 Å². The van der Waals surface area contributed by atoms with Crippen LogP contribution in [0.1, 0.15) is 30.2 Å². The Morgan fingerprint density at radius 1 is 1.13 bits per heavy atom. The Morgan fingerprint density at radius 2 is 1.93 bits per heavy atom. The Balaban J connectivity index is 1.52. The second kappa shape index (κ2) is 7.69. The second-order valence-electron chi connectivity index (χ2n) is 8.02. The van der Waals surface area contributed by atoms with E-state index < -0.39 is 30.1 Å². The number of aliphatic hydroxyl groups is 3. The van der Waals surface area contributed by atoms with Crippen LogP contribution in [-0.2, 0) is 4.79 Å². The van der Waals surface area contributed by atoms with E-state index in [1.807, 2.05) is 24.3 Å². The number of aromatic nitrogens is 1. The number of amidine groups is 1. The van der Waals surface area contributed by atoms with Crippen molar-refractivity contribution in [3.63, 3.8) is 0 Å². The van der Waals surface area contributed by atoms with Crippen LogP contribution in [0.25, 0.3) is 10.2 Å². The van der Waals surface area contributed by atoms with Crippen LogP contribution < -0.4 is 10.6 Å². The largest absolute Gasteiger partial charge is 0.396 e. The fourth-order valence-electron chi connectivity index (χ4n) is 3.92. The van der Waals surface area contributed by atoms with Crippen LogP contribution in [0.2, 0.25) is 0 Å². The van der Waals surface area contributed by atoms with E-state index >= 15 is 0 Å². The SMILES string of the molecule is O=C1NC(=NC2CC2)NC(=N[C@@H]2C[C@H](CO)[C@@H](O)[C@H]2O)C1c1nc2ccccc2s1. The lowest BCUT2D eigenvalue weighted by Crippen LogP contribution is -2.56. The number of fused-ring (bicyclic) bond motifs is 1. The minimum atomic E-state index is -1.11. The number of rotatable bonds is 4. The molecule has 1 amide bonds. The Labute approximate surface area is 176 Å². The molecule has 5 atom stereocenters. The Bertz CT molecular complexity index is 1000. The number of carbonyl (C=O) groups excluding carboxylic acids is 1. The summed E-state index contributed by atoms with van der Waals surface area (Å²) in [5.74, 6) is -0.791. The van der Waals surface area contributed by atoms with Crippen LogP contribution in [0.15, 0.2) is 34.3 Å². The Hall–Kier alpha value is -2.40. The third-order valence-electron chi connectivity index (χ3n) is 5.75. The van der Waals surface area contributed by atoms with Gasteiger partial charge in [-0.25, -0.2) is 9.98 Å². The van der Waals surface area contributed by atoms with Crippen LogP contribution in [0, 0.1) is 5.92 Å². The maximum atomic E-state index is 13.0. The number of para-hydroxylation sites is 1. The molecule has 5 rings (SSSR count). The molecule has 3 aliphatic rings. The number of aliphatic imine (C=N–C) groups is 2. The zero-order valence-corrected chi connectivity index (χ0v) is 16.9. The van der Waals surface area contributed by atoms with E-state index in [9.17, 15) is 20.1 Å². The van der Waals surface area contributed by atoms with E-state index in [4.69, 9.17) is 0 Å². The van der Waals surface area contributed by atoms with Gasteiger partial charge in [0.25, 0.3) is 0 Å². The van der Waals surface area contributed by atoms with Crippen LogP contribution in [0.3, 0.4) is 0 Å². The normalized spacial score (nSPS) is 34.5. The lowest BCUT2D eigenvalue weighted by molar-refractivity contribution is -0.120. The molecule has 2 aliphatic carbocycles. The van der Waals surface area contributed by atoms with Crippen molar-refractivity contribution in [2.24, 2.45) is 15.9 Å². The third-order valence-corrected chi connectivity index (χ3v) is 6.85. The maximum Gasteiger partial charge on any atom is 0.244 e. The van der Waals surface area contributed by atoms with Gasteiger partial charge < -0.3 is 20.6 Å². The highest BCUT2D eigenvalue weighted by atomic mass is 32.1. The van der Waals surface area contributed by atoms with E-state index in [-0.39, 0.29) is 18.6 Å². The van der Waals surface area contributed by atoms with Gasteiger partial charge in [-0.15, -0.1) is 11.3 Å². The maximum absolute atomic E-state index is 13.0. The van der Waals surface area contributed by atoms with E-state index in [0.717, 1.165) is 23.1 Å².